The first-order chi connectivity index (χ1) is 6.81. The minimum atomic E-state index is 0.614. The highest BCUT2D eigenvalue weighted by atomic mass is 79.9. The van der Waals surface area contributed by atoms with Crippen LogP contribution in [0.5, 0.6) is 0 Å². The average Bonchev–Trinajstić information content (AvgIpc) is 2.70. The highest BCUT2D eigenvalue weighted by molar-refractivity contribution is 9.10. The average molecular weight is 248 g/mol. The molecule has 1 aromatic heterocycles. The summed E-state index contributed by atoms with van der Waals surface area (Å²) in [6.45, 7) is 0. The van der Waals surface area contributed by atoms with Crippen molar-refractivity contribution in [2.24, 2.45) is 0 Å². The van der Waals surface area contributed by atoms with Crippen LogP contribution < -0.4 is 0 Å². The fourth-order valence-electron chi connectivity index (χ4n) is 1.22. The van der Waals surface area contributed by atoms with E-state index in [1.807, 2.05) is 12.1 Å². The summed E-state index contributed by atoms with van der Waals surface area (Å²) in [5.74, 6) is 0.711. The van der Waals surface area contributed by atoms with Crippen LogP contribution in [0.15, 0.2) is 35.1 Å². The van der Waals surface area contributed by atoms with Crippen LogP contribution in [0.4, 0.5) is 0 Å². The second kappa shape index (κ2) is 3.64. The fraction of sp³-hybridized carbons (Fsp3) is 0. The Morgan fingerprint density at radius 2 is 2.29 bits per heavy atom. The minimum absolute atomic E-state index is 0.614. The second-order valence-corrected chi connectivity index (χ2v) is 3.66. The predicted octanol–water partition coefficient (Wildman–Crippen LogP) is 2.71. The van der Waals surface area contributed by atoms with Gasteiger partial charge in [0, 0.05) is 22.4 Å². The number of nitriles is 1. The van der Waals surface area contributed by atoms with Gasteiger partial charge in [-0.25, -0.2) is 4.98 Å². The van der Waals surface area contributed by atoms with Gasteiger partial charge < -0.3 is 4.98 Å². The molecule has 0 amide bonds. The van der Waals surface area contributed by atoms with E-state index < -0.39 is 0 Å². The van der Waals surface area contributed by atoms with E-state index in [-0.39, 0.29) is 0 Å². The molecule has 0 saturated heterocycles. The van der Waals surface area contributed by atoms with Gasteiger partial charge in [-0.3, -0.25) is 0 Å². The van der Waals surface area contributed by atoms with Gasteiger partial charge in [-0.15, -0.1) is 0 Å². The van der Waals surface area contributed by atoms with E-state index in [1.165, 1.54) is 0 Å². The molecule has 14 heavy (non-hydrogen) atoms. The molecule has 0 fully saturated rings. The second-order valence-electron chi connectivity index (χ2n) is 2.74. The third kappa shape index (κ3) is 1.54. The molecular weight excluding hydrogens is 242 g/mol. The number of benzene rings is 1. The Hall–Kier alpha value is -1.60. The van der Waals surface area contributed by atoms with E-state index >= 15 is 0 Å². The quantitative estimate of drug-likeness (QED) is 0.843. The topological polar surface area (TPSA) is 52.5 Å². The molecule has 0 unspecified atom stereocenters. The minimum Gasteiger partial charge on any atom is -0.345 e. The van der Waals surface area contributed by atoms with Crippen LogP contribution in [0.3, 0.4) is 0 Å². The standard InChI is InChI=1S/C10H6BrN3/c11-8-2-1-7(6-12)9(5-8)10-13-3-4-14-10/h1-5H,(H,13,14). The zero-order valence-corrected chi connectivity index (χ0v) is 8.75. The van der Waals surface area contributed by atoms with Crippen LogP contribution >= 0.6 is 15.9 Å². The maximum atomic E-state index is 8.90. The van der Waals surface area contributed by atoms with Crippen molar-refractivity contribution in [3.05, 3.63) is 40.6 Å². The van der Waals surface area contributed by atoms with Crippen LogP contribution in [0.1, 0.15) is 5.56 Å². The third-order valence-electron chi connectivity index (χ3n) is 1.86. The van der Waals surface area contributed by atoms with Crippen molar-refractivity contribution in [3.8, 4) is 17.5 Å². The van der Waals surface area contributed by atoms with E-state index in [4.69, 9.17) is 5.26 Å². The molecular formula is C10H6BrN3. The van der Waals surface area contributed by atoms with Crippen molar-refractivity contribution >= 4 is 15.9 Å². The van der Waals surface area contributed by atoms with Crippen LogP contribution in [0.2, 0.25) is 0 Å². The Morgan fingerprint density at radius 3 is 2.93 bits per heavy atom. The Balaban J connectivity index is 2.63. The first kappa shape index (κ1) is 8.97. The van der Waals surface area contributed by atoms with Crippen molar-refractivity contribution in [2.45, 2.75) is 0 Å². The van der Waals surface area contributed by atoms with Gasteiger partial charge in [-0.05, 0) is 18.2 Å². The number of H-pyrrole nitrogens is 1. The smallest absolute Gasteiger partial charge is 0.138 e. The van der Waals surface area contributed by atoms with E-state index in [0.29, 0.717) is 11.4 Å². The number of nitrogens with zero attached hydrogens (tertiary/aromatic N) is 2. The summed E-state index contributed by atoms with van der Waals surface area (Å²) in [5, 5.41) is 8.90. The number of hydrogen-bond donors (Lipinski definition) is 1. The molecule has 0 spiro atoms. The molecule has 4 heteroatoms. The van der Waals surface area contributed by atoms with Crippen molar-refractivity contribution in [1.29, 1.82) is 5.26 Å². The molecule has 3 nitrogen and oxygen atoms in total. The number of hydrogen-bond acceptors (Lipinski definition) is 2. The molecule has 1 N–H and O–H groups in total. The summed E-state index contributed by atoms with van der Waals surface area (Å²) in [6, 6.07) is 7.61. The molecule has 2 aromatic rings. The zero-order valence-electron chi connectivity index (χ0n) is 7.16. The van der Waals surface area contributed by atoms with Gasteiger partial charge in [-0.1, -0.05) is 15.9 Å². The lowest BCUT2D eigenvalue weighted by Gasteiger charge is -2.00. The Morgan fingerprint density at radius 1 is 1.43 bits per heavy atom. The molecule has 0 aliphatic rings. The number of aromatic nitrogens is 2. The summed E-state index contributed by atoms with van der Waals surface area (Å²) in [7, 11) is 0. The van der Waals surface area contributed by atoms with Crippen molar-refractivity contribution < 1.29 is 0 Å². The third-order valence-corrected chi connectivity index (χ3v) is 2.35. The van der Waals surface area contributed by atoms with E-state index in [2.05, 4.69) is 32.0 Å². The van der Waals surface area contributed by atoms with Gasteiger partial charge in [0.05, 0.1) is 11.6 Å². The highest BCUT2D eigenvalue weighted by Crippen LogP contribution is 2.23. The Bertz CT molecular complexity index is 483. The highest BCUT2D eigenvalue weighted by Gasteiger charge is 2.06. The van der Waals surface area contributed by atoms with E-state index in [0.717, 1.165) is 10.0 Å². The van der Waals surface area contributed by atoms with Gasteiger partial charge in [0.15, 0.2) is 0 Å². The van der Waals surface area contributed by atoms with Gasteiger partial charge in [0.1, 0.15) is 5.82 Å². The predicted molar refractivity (Wildman–Crippen MR) is 56.4 cm³/mol. The molecule has 0 aliphatic heterocycles. The van der Waals surface area contributed by atoms with Crippen LogP contribution in [-0.4, -0.2) is 9.97 Å². The zero-order chi connectivity index (χ0) is 9.97. The van der Waals surface area contributed by atoms with Gasteiger partial charge in [0.2, 0.25) is 0 Å². The van der Waals surface area contributed by atoms with Crippen molar-refractivity contribution in [3.63, 3.8) is 0 Å². The van der Waals surface area contributed by atoms with Crippen LogP contribution in [0.25, 0.3) is 11.4 Å². The first-order valence-corrected chi connectivity index (χ1v) is 4.80. The molecule has 0 atom stereocenters. The molecule has 2 rings (SSSR count). The number of aromatic amines is 1. The molecule has 0 radical (unpaired) electrons. The monoisotopic (exact) mass is 247 g/mol. The van der Waals surface area contributed by atoms with E-state index in [1.54, 1.807) is 18.5 Å². The Labute approximate surface area is 89.5 Å². The molecule has 68 valence electrons. The summed E-state index contributed by atoms with van der Waals surface area (Å²) in [5.41, 5.74) is 1.43. The number of halogens is 1. The van der Waals surface area contributed by atoms with E-state index in [9.17, 15) is 0 Å². The van der Waals surface area contributed by atoms with Gasteiger partial charge in [-0.2, -0.15) is 5.26 Å². The Kier molecular flexibility index (Phi) is 2.33. The molecule has 0 aliphatic carbocycles. The fourth-order valence-corrected chi connectivity index (χ4v) is 1.58. The number of rotatable bonds is 1. The largest absolute Gasteiger partial charge is 0.345 e. The van der Waals surface area contributed by atoms with Crippen molar-refractivity contribution in [1.82, 2.24) is 9.97 Å². The van der Waals surface area contributed by atoms with Crippen molar-refractivity contribution in [2.75, 3.05) is 0 Å². The normalized spacial score (nSPS) is 9.71. The van der Waals surface area contributed by atoms with Crippen LogP contribution in [-0.2, 0) is 0 Å². The summed E-state index contributed by atoms with van der Waals surface area (Å²) in [4.78, 5) is 7.08. The summed E-state index contributed by atoms with van der Waals surface area (Å²) < 4.78 is 0.933. The lowest BCUT2D eigenvalue weighted by atomic mass is 10.1. The number of nitrogens with one attached hydrogen (secondary N) is 1. The van der Waals surface area contributed by atoms with Gasteiger partial charge in [0.25, 0.3) is 0 Å². The summed E-state index contributed by atoms with van der Waals surface area (Å²) in [6.07, 6.45) is 3.40. The maximum absolute atomic E-state index is 8.90. The van der Waals surface area contributed by atoms with Crippen LogP contribution in [0, 0.1) is 11.3 Å². The van der Waals surface area contributed by atoms with Gasteiger partial charge >= 0.3 is 0 Å². The molecule has 0 bridgehead atoms. The maximum Gasteiger partial charge on any atom is 0.138 e. The number of imidazole rings is 1. The molecule has 0 saturated carbocycles. The lowest BCUT2D eigenvalue weighted by molar-refractivity contribution is 1.30. The molecule has 1 aromatic carbocycles. The summed E-state index contributed by atoms with van der Waals surface area (Å²) >= 11 is 3.36. The lowest BCUT2D eigenvalue weighted by Crippen LogP contribution is -1.86. The SMILES string of the molecule is N#Cc1ccc(Br)cc1-c1ncc[nH]1. The molecule has 1 heterocycles. The first-order valence-electron chi connectivity index (χ1n) is 4.00.